The summed E-state index contributed by atoms with van der Waals surface area (Å²) >= 11 is 1.39. The Kier molecular flexibility index (Phi) is 7.46. The molecule has 0 bridgehead atoms. The fourth-order valence-corrected chi connectivity index (χ4v) is 4.46. The summed E-state index contributed by atoms with van der Waals surface area (Å²) in [7, 11) is 3.29. The van der Waals surface area contributed by atoms with Gasteiger partial charge in [0, 0.05) is 16.8 Å². The van der Waals surface area contributed by atoms with Gasteiger partial charge in [-0.3, -0.25) is 4.79 Å². The van der Waals surface area contributed by atoms with E-state index >= 15 is 0 Å². The van der Waals surface area contributed by atoms with Gasteiger partial charge >= 0.3 is 0 Å². The van der Waals surface area contributed by atoms with Gasteiger partial charge in [-0.15, -0.1) is 0 Å². The fraction of sp³-hybridized carbons (Fsp3) is 0.214. The van der Waals surface area contributed by atoms with Crippen LogP contribution in [-0.4, -0.2) is 35.3 Å². The normalized spacial score (nSPS) is 11.7. The highest BCUT2D eigenvalue weighted by Gasteiger charge is 2.20. The van der Waals surface area contributed by atoms with Crippen LogP contribution in [0.25, 0.3) is 22.5 Å². The number of aryl methyl sites for hydroxylation is 2. The monoisotopic (exact) mass is 487 g/mol. The molecule has 7 heteroatoms. The SMILES string of the molecule is COc1ccc(-c2nc(SC(C)C(=O)Nc3cc(C)ccc3C)[nH]c2-c2ccc(OC)cc2)cc1. The number of nitrogens with one attached hydrogen (secondary N) is 2. The first-order valence-electron chi connectivity index (χ1n) is 11.3. The van der Waals surface area contributed by atoms with E-state index < -0.39 is 0 Å². The molecule has 0 saturated heterocycles. The molecule has 0 radical (unpaired) electrons. The first kappa shape index (κ1) is 24.4. The largest absolute Gasteiger partial charge is 0.497 e. The molecule has 0 aliphatic rings. The summed E-state index contributed by atoms with van der Waals surface area (Å²) in [4.78, 5) is 21.3. The maximum Gasteiger partial charge on any atom is 0.237 e. The van der Waals surface area contributed by atoms with Crippen LogP contribution in [0.5, 0.6) is 11.5 Å². The van der Waals surface area contributed by atoms with E-state index in [0.717, 1.165) is 50.8 Å². The molecule has 180 valence electrons. The number of imidazole rings is 1. The summed E-state index contributed by atoms with van der Waals surface area (Å²) in [5.41, 5.74) is 6.58. The Morgan fingerprint density at radius 3 is 2.11 bits per heavy atom. The van der Waals surface area contributed by atoms with Crippen molar-refractivity contribution in [3.8, 4) is 34.0 Å². The maximum absolute atomic E-state index is 13.0. The number of methoxy groups -OCH3 is 2. The third kappa shape index (κ3) is 5.69. The van der Waals surface area contributed by atoms with Crippen LogP contribution in [-0.2, 0) is 4.79 Å². The van der Waals surface area contributed by atoms with Gasteiger partial charge in [0.05, 0.1) is 30.9 Å². The van der Waals surface area contributed by atoms with Gasteiger partial charge in [0.25, 0.3) is 0 Å². The highest BCUT2D eigenvalue weighted by Crippen LogP contribution is 2.35. The van der Waals surface area contributed by atoms with Crippen LogP contribution in [0.3, 0.4) is 0 Å². The zero-order chi connectivity index (χ0) is 24.9. The second-order valence-corrected chi connectivity index (χ2v) is 9.62. The van der Waals surface area contributed by atoms with Crippen molar-refractivity contribution >= 4 is 23.4 Å². The molecule has 1 heterocycles. The molecule has 35 heavy (non-hydrogen) atoms. The van der Waals surface area contributed by atoms with Crippen molar-refractivity contribution in [1.82, 2.24) is 9.97 Å². The molecular weight excluding hydrogens is 458 g/mol. The Bertz CT molecular complexity index is 1250. The molecule has 1 unspecified atom stereocenters. The van der Waals surface area contributed by atoms with Gasteiger partial charge in [0.2, 0.25) is 5.91 Å². The second kappa shape index (κ2) is 10.7. The van der Waals surface area contributed by atoms with Gasteiger partial charge in [-0.05, 0) is 86.5 Å². The predicted octanol–water partition coefficient (Wildman–Crippen LogP) is 6.50. The zero-order valence-electron chi connectivity index (χ0n) is 20.5. The van der Waals surface area contributed by atoms with Crippen LogP contribution < -0.4 is 14.8 Å². The molecule has 4 aromatic rings. The minimum Gasteiger partial charge on any atom is -0.497 e. The van der Waals surface area contributed by atoms with Crippen LogP contribution >= 0.6 is 11.8 Å². The molecule has 3 aromatic carbocycles. The number of ether oxygens (including phenoxy) is 2. The van der Waals surface area contributed by atoms with Crippen LogP contribution in [0, 0.1) is 13.8 Å². The smallest absolute Gasteiger partial charge is 0.237 e. The van der Waals surface area contributed by atoms with Gasteiger partial charge in [0.15, 0.2) is 5.16 Å². The maximum atomic E-state index is 13.0. The lowest BCUT2D eigenvalue weighted by Crippen LogP contribution is -2.23. The Morgan fingerprint density at radius 1 is 0.914 bits per heavy atom. The molecule has 0 spiro atoms. The fourth-order valence-electron chi connectivity index (χ4n) is 3.66. The molecule has 0 aliphatic heterocycles. The van der Waals surface area contributed by atoms with Gasteiger partial charge in [-0.1, -0.05) is 23.9 Å². The first-order valence-corrected chi connectivity index (χ1v) is 12.2. The quantitative estimate of drug-likeness (QED) is 0.278. The molecule has 6 nitrogen and oxygen atoms in total. The summed E-state index contributed by atoms with van der Waals surface area (Å²) in [5.74, 6) is 1.49. The van der Waals surface area contributed by atoms with Crippen molar-refractivity contribution in [3.63, 3.8) is 0 Å². The topological polar surface area (TPSA) is 76.2 Å². The number of anilines is 1. The highest BCUT2D eigenvalue weighted by atomic mass is 32.2. The summed E-state index contributed by atoms with van der Waals surface area (Å²) < 4.78 is 10.6. The number of nitrogens with zero attached hydrogens (tertiary/aromatic N) is 1. The van der Waals surface area contributed by atoms with Crippen LogP contribution in [0.4, 0.5) is 5.69 Å². The molecule has 1 aromatic heterocycles. The molecule has 1 atom stereocenters. The molecule has 2 N–H and O–H groups in total. The second-order valence-electron chi connectivity index (χ2n) is 8.29. The molecule has 4 rings (SSSR count). The van der Waals surface area contributed by atoms with E-state index in [9.17, 15) is 4.79 Å². The summed E-state index contributed by atoms with van der Waals surface area (Å²) in [6.45, 7) is 5.88. The summed E-state index contributed by atoms with van der Waals surface area (Å²) in [6, 6.07) is 21.6. The lowest BCUT2D eigenvalue weighted by atomic mass is 10.0. The van der Waals surface area contributed by atoms with Crippen molar-refractivity contribution < 1.29 is 14.3 Å². The Hall–Kier alpha value is -3.71. The van der Waals surface area contributed by atoms with Crippen molar-refractivity contribution in [3.05, 3.63) is 77.9 Å². The number of benzene rings is 3. The van der Waals surface area contributed by atoms with E-state index in [-0.39, 0.29) is 11.2 Å². The van der Waals surface area contributed by atoms with Gasteiger partial charge in [-0.2, -0.15) is 0 Å². The van der Waals surface area contributed by atoms with Gasteiger partial charge < -0.3 is 19.8 Å². The number of hydrogen-bond acceptors (Lipinski definition) is 5. The average molecular weight is 488 g/mol. The first-order chi connectivity index (χ1) is 16.9. The standard InChI is InChI=1S/C28H29N3O3S/c1-17-6-7-18(2)24(16-17)29-27(32)19(3)35-28-30-25(20-8-12-22(33-4)13-9-20)26(31-28)21-10-14-23(34-5)15-11-21/h6-16,19H,1-5H3,(H,29,32)(H,30,31). The van der Waals surface area contributed by atoms with Gasteiger partial charge in [-0.25, -0.2) is 4.98 Å². The number of aromatic amines is 1. The number of H-pyrrole nitrogens is 1. The third-order valence-corrected chi connectivity index (χ3v) is 6.72. The van der Waals surface area contributed by atoms with E-state index in [1.54, 1.807) is 14.2 Å². The molecular formula is C28H29N3O3S. The Balaban J connectivity index is 1.62. The lowest BCUT2D eigenvalue weighted by Gasteiger charge is -2.13. The van der Waals surface area contributed by atoms with E-state index in [4.69, 9.17) is 14.5 Å². The zero-order valence-corrected chi connectivity index (χ0v) is 21.3. The van der Waals surface area contributed by atoms with Gasteiger partial charge in [0.1, 0.15) is 11.5 Å². The number of carbonyl (C=O) groups excluding carboxylic acids is 1. The number of amides is 1. The Labute approximate surface area is 210 Å². The van der Waals surface area contributed by atoms with Crippen molar-refractivity contribution in [2.24, 2.45) is 0 Å². The predicted molar refractivity (Wildman–Crippen MR) is 142 cm³/mol. The average Bonchev–Trinajstić information content (AvgIpc) is 3.30. The lowest BCUT2D eigenvalue weighted by molar-refractivity contribution is -0.115. The molecule has 0 fully saturated rings. The minimum absolute atomic E-state index is 0.0721. The number of carbonyl (C=O) groups is 1. The number of hydrogen-bond donors (Lipinski definition) is 2. The number of thioether (sulfide) groups is 1. The van der Waals surface area contributed by atoms with E-state index in [1.807, 2.05) is 87.5 Å². The summed E-state index contributed by atoms with van der Waals surface area (Å²) in [6.07, 6.45) is 0. The van der Waals surface area contributed by atoms with Crippen LogP contribution in [0.15, 0.2) is 71.9 Å². The molecule has 0 saturated carbocycles. The van der Waals surface area contributed by atoms with Crippen molar-refractivity contribution in [1.29, 1.82) is 0 Å². The highest BCUT2D eigenvalue weighted by molar-refractivity contribution is 8.00. The van der Waals surface area contributed by atoms with Crippen LogP contribution in [0.1, 0.15) is 18.1 Å². The van der Waals surface area contributed by atoms with Crippen molar-refractivity contribution in [2.75, 3.05) is 19.5 Å². The summed E-state index contributed by atoms with van der Waals surface area (Å²) in [5, 5.41) is 3.37. The molecule has 0 aliphatic carbocycles. The minimum atomic E-state index is -0.353. The number of rotatable bonds is 8. The van der Waals surface area contributed by atoms with E-state index in [2.05, 4.69) is 10.3 Å². The third-order valence-electron chi connectivity index (χ3n) is 5.73. The Morgan fingerprint density at radius 2 is 1.51 bits per heavy atom. The van der Waals surface area contributed by atoms with E-state index in [0.29, 0.717) is 5.16 Å². The van der Waals surface area contributed by atoms with E-state index in [1.165, 1.54) is 11.8 Å². The van der Waals surface area contributed by atoms with Crippen LogP contribution in [0.2, 0.25) is 0 Å². The number of aromatic nitrogens is 2. The molecule has 1 amide bonds. The van der Waals surface area contributed by atoms with Crippen molar-refractivity contribution in [2.45, 2.75) is 31.2 Å².